The lowest BCUT2D eigenvalue weighted by atomic mass is 10.2. The van der Waals surface area contributed by atoms with Gasteiger partial charge in [-0.05, 0) is 30.8 Å². The Hall–Kier alpha value is -2.11. The lowest BCUT2D eigenvalue weighted by Gasteiger charge is -2.33. The monoisotopic (exact) mass is 438 g/mol. The first kappa shape index (κ1) is 21.6. The second kappa shape index (κ2) is 9.14. The van der Waals surface area contributed by atoms with Gasteiger partial charge in [0.25, 0.3) is 0 Å². The molecule has 0 bridgehead atoms. The summed E-state index contributed by atoms with van der Waals surface area (Å²) >= 11 is 1.37. The molecule has 0 spiro atoms. The van der Waals surface area contributed by atoms with Crippen molar-refractivity contribution in [1.82, 2.24) is 24.6 Å². The molecule has 29 heavy (non-hydrogen) atoms. The third kappa shape index (κ3) is 5.71. The van der Waals surface area contributed by atoms with E-state index in [9.17, 15) is 13.2 Å². The van der Waals surface area contributed by atoms with E-state index in [4.69, 9.17) is 0 Å². The van der Waals surface area contributed by atoms with Crippen LogP contribution in [-0.2, 0) is 21.9 Å². The number of anilines is 1. The summed E-state index contributed by atoms with van der Waals surface area (Å²) in [6.45, 7) is 6.53. The van der Waals surface area contributed by atoms with Gasteiger partial charge in [0.1, 0.15) is 0 Å². The zero-order chi connectivity index (χ0) is 21.0. The molecule has 1 aliphatic heterocycles. The molecule has 1 aliphatic rings. The zero-order valence-electron chi connectivity index (χ0n) is 16.8. The van der Waals surface area contributed by atoms with Crippen molar-refractivity contribution in [1.29, 1.82) is 0 Å². The van der Waals surface area contributed by atoms with Gasteiger partial charge in [-0.1, -0.05) is 18.7 Å². The van der Waals surface area contributed by atoms with Crippen LogP contribution >= 0.6 is 11.8 Å². The summed E-state index contributed by atoms with van der Waals surface area (Å²) in [4.78, 5) is 16.7. The molecule has 9 nitrogen and oxygen atoms in total. The molecule has 0 aliphatic carbocycles. The highest BCUT2D eigenvalue weighted by Crippen LogP contribution is 2.24. The Bertz CT molecular complexity index is 950. The third-order valence-corrected chi connectivity index (χ3v) is 6.39. The number of thioether (sulfide) groups is 1. The Balaban J connectivity index is 1.60. The number of nitrogens with one attached hydrogen (secondary N) is 1. The molecular weight excluding hydrogens is 412 g/mol. The summed E-state index contributed by atoms with van der Waals surface area (Å²) in [6, 6.07) is 6.92. The number of sulfonamides is 1. The van der Waals surface area contributed by atoms with Crippen LogP contribution < -0.4 is 4.72 Å². The van der Waals surface area contributed by atoms with Crippen LogP contribution in [0.25, 0.3) is 11.4 Å². The van der Waals surface area contributed by atoms with Crippen LogP contribution in [0.5, 0.6) is 0 Å². The van der Waals surface area contributed by atoms with Gasteiger partial charge in [-0.25, -0.2) is 8.42 Å². The molecule has 1 amide bonds. The van der Waals surface area contributed by atoms with Crippen LogP contribution in [0.1, 0.15) is 6.92 Å². The van der Waals surface area contributed by atoms with Crippen molar-refractivity contribution in [3.63, 3.8) is 0 Å². The Labute approximate surface area is 175 Å². The molecule has 0 unspecified atom stereocenters. The number of aromatic nitrogens is 3. The number of piperazine rings is 1. The SMILES string of the molecule is CCN1CCN(C(=O)CSc2nnc(-c3ccc(NS(C)(=O)=O)cc3)n2C)CC1. The Kier molecular flexibility index (Phi) is 6.81. The smallest absolute Gasteiger partial charge is 0.233 e. The standard InChI is InChI=1S/C18H26N6O3S2/c1-4-23-9-11-24(12-10-23)16(25)13-28-18-20-19-17(22(18)2)14-5-7-15(8-6-14)21-29(3,26)27/h5-8,21H,4,9-13H2,1-3H3. The molecule has 1 aromatic heterocycles. The van der Waals surface area contributed by atoms with Gasteiger partial charge >= 0.3 is 0 Å². The maximum atomic E-state index is 12.5. The fraction of sp³-hybridized carbons (Fsp3) is 0.500. The number of rotatable bonds is 7. The van der Waals surface area contributed by atoms with E-state index in [0.717, 1.165) is 44.5 Å². The molecule has 1 fully saturated rings. The Morgan fingerprint density at radius 2 is 1.79 bits per heavy atom. The van der Waals surface area contributed by atoms with Gasteiger partial charge in [0.15, 0.2) is 11.0 Å². The van der Waals surface area contributed by atoms with Crippen LogP contribution in [0.2, 0.25) is 0 Å². The predicted molar refractivity (Wildman–Crippen MR) is 114 cm³/mol. The van der Waals surface area contributed by atoms with Crippen LogP contribution in [-0.4, -0.2) is 83.6 Å². The molecule has 158 valence electrons. The minimum Gasteiger partial charge on any atom is -0.339 e. The number of hydrogen-bond donors (Lipinski definition) is 1. The number of carbonyl (C=O) groups is 1. The van der Waals surface area contributed by atoms with Crippen LogP contribution in [0.3, 0.4) is 0 Å². The largest absolute Gasteiger partial charge is 0.339 e. The van der Waals surface area contributed by atoms with Gasteiger partial charge in [0, 0.05) is 44.5 Å². The molecule has 2 heterocycles. The van der Waals surface area contributed by atoms with E-state index in [-0.39, 0.29) is 5.91 Å². The third-order valence-electron chi connectivity index (χ3n) is 4.78. The minimum absolute atomic E-state index is 0.117. The van der Waals surface area contributed by atoms with E-state index in [1.807, 2.05) is 16.5 Å². The summed E-state index contributed by atoms with van der Waals surface area (Å²) in [7, 11) is -1.46. The van der Waals surface area contributed by atoms with Gasteiger partial charge in [0.2, 0.25) is 15.9 Å². The van der Waals surface area contributed by atoms with Crippen molar-refractivity contribution in [2.75, 3.05) is 49.5 Å². The highest BCUT2D eigenvalue weighted by atomic mass is 32.2. The van der Waals surface area contributed by atoms with E-state index < -0.39 is 10.0 Å². The molecule has 1 N–H and O–H groups in total. The Morgan fingerprint density at radius 1 is 1.14 bits per heavy atom. The molecule has 2 aromatic rings. The van der Waals surface area contributed by atoms with Crippen LogP contribution in [0, 0.1) is 0 Å². The molecule has 1 saturated heterocycles. The summed E-state index contributed by atoms with van der Waals surface area (Å²) in [5.41, 5.74) is 1.30. The van der Waals surface area contributed by atoms with E-state index in [2.05, 4.69) is 26.7 Å². The van der Waals surface area contributed by atoms with E-state index in [0.29, 0.717) is 22.4 Å². The highest BCUT2D eigenvalue weighted by Gasteiger charge is 2.21. The normalized spacial score (nSPS) is 15.5. The number of hydrogen-bond acceptors (Lipinski definition) is 7. The average molecular weight is 439 g/mol. The minimum atomic E-state index is -3.31. The van der Waals surface area contributed by atoms with Crippen LogP contribution in [0.15, 0.2) is 29.4 Å². The summed E-state index contributed by atoms with van der Waals surface area (Å²) in [6.07, 6.45) is 1.11. The number of benzene rings is 1. The Morgan fingerprint density at radius 3 is 2.38 bits per heavy atom. The van der Waals surface area contributed by atoms with Crippen molar-refractivity contribution in [2.45, 2.75) is 12.1 Å². The summed E-state index contributed by atoms with van der Waals surface area (Å²) in [5.74, 6) is 1.10. The first-order chi connectivity index (χ1) is 13.8. The average Bonchev–Trinajstić information content (AvgIpc) is 3.06. The molecular formula is C18H26N6O3S2. The molecule has 1 aromatic carbocycles. The van der Waals surface area contributed by atoms with E-state index in [1.54, 1.807) is 24.3 Å². The first-order valence-electron chi connectivity index (χ1n) is 9.37. The lowest BCUT2D eigenvalue weighted by molar-refractivity contribution is -0.130. The van der Waals surface area contributed by atoms with E-state index in [1.165, 1.54) is 11.8 Å². The topological polar surface area (TPSA) is 100 Å². The first-order valence-corrected chi connectivity index (χ1v) is 12.2. The van der Waals surface area contributed by atoms with E-state index >= 15 is 0 Å². The maximum absolute atomic E-state index is 12.5. The highest BCUT2D eigenvalue weighted by molar-refractivity contribution is 7.99. The van der Waals surface area contributed by atoms with Gasteiger partial charge in [-0.3, -0.25) is 9.52 Å². The number of amides is 1. The van der Waals surface area contributed by atoms with Gasteiger partial charge in [-0.15, -0.1) is 10.2 Å². The predicted octanol–water partition coefficient (Wildman–Crippen LogP) is 1.11. The quantitative estimate of drug-likeness (QED) is 0.646. The van der Waals surface area contributed by atoms with Gasteiger partial charge < -0.3 is 14.4 Å². The summed E-state index contributed by atoms with van der Waals surface area (Å²) in [5, 5.41) is 9.09. The number of carbonyl (C=O) groups excluding carboxylic acids is 1. The van der Waals surface area contributed by atoms with Crippen molar-refractivity contribution in [2.24, 2.45) is 7.05 Å². The van der Waals surface area contributed by atoms with Gasteiger partial charge in [-0.2, -0.15) is 0 Å². The molecule has 0 atom stereocenters. The fourth-order valence-electron chi connectivity index (χ4n) is 3.12. The van der Waals surface area contributed by atoms with Crippen LogP contribution in [0.4, 0.5) is 5.69 Å². The second-order valence-electron chi connectivity index (χ2n) is 6.92. The lowest BCUT2D eigenvalue weighted by Crippen LogP contribution is -2.49. The molecule has 3 rings (SSSR count). The van der Waals surface area contributed by atoms with Gasteiger partial charge in [0.05, 0.1) is 12.0 Å². The zero-order valence-corrected chi connectivity index (χ0v) is 18.5. The van der Waals surface area contributed by atoms with Crippen molar-refractivity contribution in [3.05, 3.63) is 24.3 Å². The maximum Gasteiger partial charge on any atom is 0.233 e. The van der Waals surface area contributed by atoms with Crippen molar-refractivity contribution < 1.29 is 13.2 Å². The molecule has 11 heteroatoms. The summed E-state index contributed by atoms with van der Waals surface area (Å²) < 4.78 is 26.9. The van der Waals surface area contributed by atoms with Crippen molar-refractivity contribution in [3.8, 4) is 11.4 Å². The molecule has 0 saturated carbocycles. The second-order valence-corrected chi connectivity index (χ2v) is 9.61. The number of likely N-dealkylation sites (N-methyl/N-ethyl adjacent to an activating group) is 1. The number of nitrogens with zero attached hydrogens (tertiary/aromatic N) is 5. The molecule has 0 radical (unpaired) electrons. The van der Waals surface area contributed by atoms with Crippen molar-refractivity contribution >= 4 is 33.4 Å². The fourth-order valence-corrected chi connectivity index (χ4v) is 4.50.